The molecule has 0 amide bonds. The van der Waals surface area contributed by atoms with Crippen LogP contribution < -0.4 is 0 Å². The summed E-state index contributed by atoms with van der Waals surface area (Å²) < 4.78 is 0. The Labute approximate surface area is 145 Å². The molecule has 0 saturated carbocycles. The van der Waals surface area contributed by atoms with Gasteiger partial charge in [-0.05, 0) is 81.3 Å². The van der Waals surface area contributed by atoms with Gasteiger partial charge in [0.1, 0.15) is 0 Å². The third-order valence-electron chi connectivity index (χ3n) is 3.81. The Bertz CT molecular complexity index is 611. The molecule has 0 saturated heterocycles. The predicted octanol–water partition coefficient (Wildman–Crippen LogP) is 6.37. The number of nitrogens with zero attached hydrogens (tertiary/aromatic N) is 1. The van der Waals surface area contributed by atoms with Crippen molar-refractivity contribution >= 4 is 11.3 Å². The molecule has 122 valence electrons. The fraction of sp³-hybridized carbons (Fsp3) is 0.286. The predicted molar refractivity (Wildman–Crippen MR) is 103 cm³/mol. The molecule has 0 atom stereocenters. The molecule has 0 aliphatic rings. The zero-order valence-electron chi connectivity index (χ0n) is 15.1. The Morgan fingerprint density at radius 1 is 0.652 bits per heavy atom. The van der Waals surface area contributed by atoms with Crippen LogP contribution in [0.4, 0.5) is 0 Å². The summed E-state index contributed by atoms with van der Waals surface area (Å²) in [4.78, 5) is 5.51. The molecule has 1 nitrogen and oxygen atoms in total. The fourth-order valence-corrected chi connectivity index (χ4v) is 2.41. The maximum atomic E-state index is 4.08. The smallest absolute Gasteiger partial charge is 0.0401 e. The zero-order chi connectivity index (χ0) is 17.2. The van der Waals surface area contributed by atoms with E-state index in [1.54, 1.807) is 11.3 Å². The largest absolute Gasteiger partial charge is 0.261 e. The van der Waals surface area contributed by atoms with E-state index in [0.717, 1.165) is 5.69 Å². The highest BCUT2D eigenvalue weighted by Gasteiger charge is 1.87. The van der Waals surface area contributed by atoms with Crippen LogP contribution in [0.25, 0.3) is 0 Å². The van der Waals surface area contributed by atoms with Crippen molar-refractivity contribution in [1.82, 2.24) is 4.98 Å². The number of benzene rings is 1. The van der Waals surface area contributed by atoms with Gasteiger partial charge in [-0.15, -0.1) is 11.3 Å². The van der Waals surface area contributed by atoms with Gasteiger partial charge in [-0.3, -0.25) is 4.98 Å². The topological polar surface area (TPSA) is 12.9 Å². The highest BCUT2D eigenvalue weighted by atomic mass is 32.1. The minimum Gasteiger partial charge on any atom is -0.261 e. The second kappa shape index (κ2) is 9.96. The van der Waals surface area contributed by atoms with Crippen LogP contribution in [0, 0.1) is 41.5 Å². The minimum absolute atomic E-state index is 1.12. The number of thiophene rings is 1. The third-order valence-corrected chi connectivity index (χ3v) is 4.76. The lowest BCUT2D eigenvalue weighted by Gasteiger charge is -1.93. The van der Waals surface area contributed by atoms with Crippen molar-refractivity contribution in [2.75, 3.05) is 0 Å². The van der Waals surface area contributed by atoms with Gasteiger partial charge in [0.05, 0.1) is 0 Å². The quantitative estimate of drug-likeness (QED) is 0.468. The molecule has 0 N–H and O–H groups in total. The zero-order valence-corrected chi connectivity index (χ0v) is 15.9. The van der Waals surface area contributed by atoms with Crippen molar-refractivity contribution < 1.29 is 0 Å². The first kappa shape index (κ1) is 19.1. The number of hydrogen-bond donors (Lipinski definition) is 0. The van der Waals surface area contributed by atoms with E-state index in [9.17, 15) is 0 Å². The van der Waals surface area contributed by atoms with Gasteiger partial charge in [-0.1, -0.05) is 30.3 Å². The van der Waals surface area contributed by atoms with Crippen LogP contribution in [-0.4, -0.2) is 4.98 Å². The second-order valence-corrected chi connectivity index (χ2v) is 6.77. The third kappa shape index (κ3) is 7.25. The molecule has 0 aliphatic carbocycles. The standard InChI is InChI=1S/C8H10.C7H9N.C6H8S/c1-7-5-3-4-6-8(7)2;1-6-4-3-5-8-7(6)2;1-5-3-4-7-6(5)2/h3-6H,1-2H3;3-5H,1-2H3;3-4H,1-2H3. The number of rotatable bonds is 0. The van der Waals surface area contributed by atoms with E-state index in [2.05, 4.69) is 81.4 Å². The van der Waals surface area contributed by atoms with E-state index in [-0.39, 0.29) is 0 Å². The SMILES string of the molecule is Cc1ccccc1C.Cc1cccnc1C.Cc1ccsc1C. The summed E-state index contributed by atoms with van der Waals surface area (Å²) in [6, 6.07) is 14.5. The van der Waals surface area contributed by atoms with Crippen LogP contribution in [0.5, 0.6) is 0 Å². The van der Waals surface area contributed by atoms with Crippen molar-refractivity contribution in [2.24, 2.45) is 0 Å². The van der Waals surface area contributed by atoms with Gasteiger partial charge in [0.15, 0.2) is 0 Å². The van der Waals surface area contributed by atoms with E-state index < -0.39 is 0 Å². The lowest BCUT2D eigenvalue weighted by molar-refractivity contribution is 1.15. The van der Waals surface area contributed by atoms with E-state index >= 15 is 0 Å². The van der Waals surface area contributed by atoms with Crippen molar-refractivity contribution in [1.29, 1.82) is 0 Å². The minimum atomic E-state index is 1.12. The number of pyridine rings is 1. The maximum absolute atomic E-state index is 4.08. The average Bonchev–Trinajstić information content (AvgIpc) is 2.90. The van der Waals surface area contributed by atoms with Gasteiger partial charge in [0.25, 0.3) is 0 Å². The highest BCUT2D eigenvalue weighted by molar-refractivity contribution is 7.10. The van der Waals surface area contributed by atoms with Crippen LogP contribution in [0.3, 0.4) is 0 Å². The molecule has 0 bridgehead atoms. The molecule has 0 aliphatic heterocycles. The van der Waals surface area contributed by atoms with Crippen molar-refractivity contribution in [3.63, 3.8) is 0 Å². The Hall–Kier alpha value is -1.93. The van der Waals surface area contributed by atoms with Gasteiger partial charge in [0, 0.05) is 16.8 Å². The molecule has 1 aromatic carbocycles. The van der Waals surface area contributed by atoms with Crippen molar-refractivity contribution in [2.45, 2.75) is 41.5 Å². The molecule has 23 heavy (non-hydrogen) atoms. The molecular formula is C21H27NS. The molecule has 3 rings (SSSR count). The summed E-state index contributed by atoms with van der Waals surface area (Å²) in [5.41, 5.74) is 6.52. The molecule has 3 aromatic rings. The number of hydrogen-bond acceptors (Lipinski definition) is 2. The van der Waals surface area contributed by atoms with Gasteiger partial charge in [0.2, 0.25) is 0 Å². The van der Waals surface area contributed by atoms with Crippen LogP contribution in [0.1, 0.15) is 32.8 Å². The Kier molecular flexibility index (Phi) is 8.28. The lowest BCUT2D eigenvalue weighted by atomic mass is 10.1. The molecule has 2 aromatic heterocycles. The summed E-state index contributed by atoms with van der Waals surface area (Å²) in [6.07, 6.45) is 1.81. The van der Waals surface area contributed by atoms with Crippen molar-refractivity contribution in [3.8, 4) is 0 Å². The van der Waals surface area contributed by atoms with Gasteiger partial charge < -0.3 is 0 Å². The van der Waals surface area contributed by atoms with Crippen LogP contribution in [-0.2, 0) is 0 Å². The molecule has 0 radical (unpaired) electrons. The molecular weight excluding hydrogens is 298 g/mol. The first-order valence-corrected chi connectivity index (χ1v) is 8.71. The van der Waals surface area contributed by atoms with Crippen LogP contribution in [0.2, 0.25) is 0 Å². The monoisotopic (exact) mass is 325 g/mol. The maximum Gasteiger partial charge on any atom is 0.0401 e. The Morgan fingerprint density at radius 3 is 1.48 bits per heavy atom. The number of aryl methyl sites for hydroxylation is 6. The summed E-state index contributed by atoms with van der Waals surface area (Å²) in [6.45, 7) is 12.6. The van der Waals surface area contributed by atoms with Crippen molar-refractivity contribution in [3.05, 3.63) is 86.9 Å². The highest BCUT2D eigenvalue weighted by Crippen LogP contribution is 2.12. The van der Waals surface area contributed by atoms with Crippen LogP contribution >= 0.6 is 11.3 Å². The first-order chi connectivity index (χ1) is 10.9. The van der Waals surface area contributed by atoms with E-state index in [4.69, 9.17) is 0 Å². The van der Waals surface area contributed by atoms with Gasteiger partial charge >= 0.3 is 0 Å². The summed E-state index contributed by atoms with van der Waals surface area (Å²) in [7, 11) is 0. The normalized spacial score (nSPS) is 9.30. The molecule has 2 heterocycles. The summed E-state index contributed by atoms with van der Waals surface area (Å²) >= 11 is 1.80. The second-order valence-electron chi connectivity index (χ2n) is 5.65. The lowest BCUT2D eigenvalue weighted by Crippen LogP contribution is -1.81. The summed E-state index contributed by atoms with van der Waals surface area (Å²) in [5, 5.41) is 2.12. The fourth-order valence-electron chi connectivity index (χ4n) is 1.68. The summed E-state index contributed by atoms with van der Waals surface area (Å²) in [5.74, 6) is 0. The average molecular weight is 326 g/mol. The molecule has 0 fully saturated rings. The van der Waals surface area contributed by atoms with Crippen LogP contribution in [0.15, 0.2) is 54.0 Å². The molecule has 0 spiro atoms. The Balaban J connectivity index is 0.000000173. The Morgan fingerprint density at radius 2 is 1.22 bits per heavy atom. The van der Waals surface area contributed by atoms with E-state index in [1.165, 1.54) is 27.1 Å². The van der Waals surface area contributed by atoms with E-state index in [0.29, 0.717) is 0 Å². The van der Waals surface area contributed by atoms with Gasteiger partial charge in [-0.2, -0.15) is 0 Å². The van der Waals surface area contributed by atoms with Gasteiger partial charge in [-0.25, -0.2) is 0 Å². The number of aromatic nitrogens is 1. The van der Waals surface area contributed by atoms with E-state index in [1.807, 2.05) is 19.2 Å². The first-order valence-electron chi connectivity index (χ1n) is 7.83. The molecule has 2 heteroatoms. The molecule has 0 unspecified atom stereocenters.